The number of ether oxygens (including phenoxy) is 1. The maximum atomic E-state index is 12.1. The Bertz CT molecular complexity index is 250. The average Bonchev–Trinajstić information content (AvgIpc) is 2.83. The molecule has 2 rings (SSSR count). The van der Waals surface area contributed by atoms with Crippen LogP contribution in [0.3, 0.4) is 0 Å². The Balaban J connectivity index is 1.77. The molecule has 0 aliphatic carbocycles. The van der Waals surface area contributed by atoms with Crippen molar-refractivity contribution in [3.05, 3.63) is 0 Å². The summed E-state index contributed by atoms with van der Waals surface area (Å²) in [6.07, 6.45) is 4.31. The summed E-state index contributed by atoms with van der Waals surface area (Å²) in [6.45, 7) is 6.56. The van der Waals surface area contributed by atoms with Crippen LogP contribution >= 0.6 is 0 Å². The zero-order valence-electron chi connectivity index (χ0n) is 10.8. The molecule has 0 aromatic carbocycles. The van der Waals surface area contributed by atoms with Gasteiger partial charge in [0.1, 0.15) is 0 Å². The van der Waals surface area contributed by atoms with Gasteiger partial charge in [0.25, 0.3) is 0 Å². The van der Waals surface area contributed by atoms with Crippen molar-refractivity contribution in [3.8, 4) is 0 Å². The Morgan fingerprint density at radius 1 is 1.47 bits per heavy atom. The van der Waals surface area contributed by atoms with Gasteiger partial charge in [-0.15, -0.1) is 0 Å². The number of hydrogen-bond acceptors (Lipinski definition) is 3. The van der Waals surface area contributed by atoms with Crippen LogP contribution < -0.4 is 5.32 Å². The van der Waals surface area contributed by atoms with Crippen LogP contribution in [0.15, 0.2) is 0 Å². The largest absolute Gasteiger partial charge is 0.377 e. The Hall–Kier alpha value is -0.610. The van der Waals surface area contributed by atoms with Gasteiger partial charge in [-0.25, -0.2) is 0 Å². The molecular weight excluding hydrogens is 216 g/mol. The number of amides is 1. The lowest BCUT2D eigenvalue weighted by Gasteiger charge is -2.33. The van der Waals surface area contributed by atoms with Gasteiger partial charge in [-0.3, -0.25) is 4.79 Å². The van der Waals surface area contributed by atoms with E-state index >= 15 is 0 Å². The summed E-state index contributed by atoms with van der Waals surface area (Å²) in [7, 11) is 0. The zero-order valence-corrected chi connectivity index (χ0v) is 10.8. The molecule has 2 unspecified atom stereocenters. The summed E-state index contributed by atoms with van der Waals surface area (Å²) in [5, 5.41) is 3.31. The number of rotatable bonds is 4. The second-order valence-electron chi connectivity index (χ2n) is 5.12. The third-order valence-electron chi connectivity index (χ3n) is 3.76. The second-order valence-corrected chi connectivity index (χ2v) is 5.12. The van der Waals surface area contributed by atoms with E-state index in [0.717, 1.165) is 52.0 Å². The topological polar surface area (TPSA) is 41.6 Å². The lowest BCUT2D eigenvalue weighted by molar-refractivity contribution is -0.136. The molecule has 1 amide bonds. The molecule has 0 spiro atoms. The average molecular weight is 240 g/mol. The fraction of sp³-hybridized carbons (Fsp3) is 0.923. The van der Waals surface area contributed by atoms with Crippen LogP contribution in [0, 0.1) is 5.92 Å². The van der Waals surface area contributed by atoms with Gasteiger partial charge in [-0.05, 0) is 45.2 Å². The van der Waals surface area contributed by atoms with Crippen molar-refractivity contribution < 1.29 is 9.53 Å². The molecule has 2 saturated heterocycles. The van der Waals surface area contributed by atoms with Crippen molar-refractivity contribution in [3.63, 3.8) is 0 Å². The lowest BCUT2D eigenvalue weighted by Crippen LogP contribution is -2.43. The van der Waals surface area contributed by atoms with Crippen molar-refractivity contribution in [1.29, 1.82) is 0 Å². The zero-order chi connectivity index (χ0) is 12.1. The monoisotopic (exact) mass is 240 g/mol. The highest BCUT2D eigenvalue weighted by Crippen LogP contribution is 2.18. The fourth-order valence-electron chi connectivity index (χ4n) is 2.80. The number of likely N-dealkylation sites (tertiary alicyclic amines) is 1. The van der Waals surface area contributed by atoms with E-state index in [1.165, 1.54) is 0 Å². The van der Waals surface area contributed by atoms with Crippen molar-refractivity contribution in [1.82, 2.24) is 10.2 Å². The second kappa shape index (κ2) is 6.36. The Kier molecular flexibility index (Phi) is 4.80. The summed E-state index contributed by atoms with van der Waals surface area (Å²) in [5.74, 6) is 0.873. The molecule has 2 aliphatic heterocycles. The SMILES string of the molecule is CCOC1CCCN(C(=O)CC2CCNC2)C1. The molecule has 4 heteroatoms. The normalized spacial score (nSPS) is 29.6. The number of carbonyl (C=O) groups is 1. The van der Waals surface area contributed by atoms with Crippen LogP contribution in [-0.2, 0) is 9.53 Å². The lowest BCUT2D eigenvalue weighted by atomic mass is 10.0. The molecule has 0 bridgehead atoms. The maximum Gasteiger partial charge on any atom is 0.222 e. The summed E-state index contributed by atoms with van der Waals surface area (Å²) >= 11 is 0. The standard InChI is InChI=1S/C13H24N2O2/c1-2-17-12-4-3-7-15(10-12)13(16)8-11-5-6-14-9-11/h11-12,14H,2-10H2,1H3. The number of piperidine rings is 1. The fourth-order valence-corrected chi connectivity index (χ4v) is 2.80. The van der Waals surface area contributed by atoms with Crippen molar-refractivity contribution in [2.75, 3.05) is 32.8 Å². The van der Waals surface area contributed by atoms with Gasteiger partial charge in [0.15, 0.2) is 0 Å². The smallest absolute Gasteiger partial charge is 0.222 e. The molecule has 0 saturated carbocycles. The first kappa shape index (κ1) is 12.8. The van der Waals surface area contributed by atoms with E-state index in [1.807, 2.05) is 11.8 Å². The van der Waals surface area contributed by atoms with E-state index in [1.54, 1.807) is 0 Å². The Morgan fingerprint density at radius 3 is 3.06 bits per heavy atom. The van der Waals surface area contributed by atoms with E-state index < -0.39 is 0 Å². The van der Waals surface area contributed by atoms with Gasteiger partial charge in [0, 0.05) is 26.1 Å². The summed E-state index contributed by atoms with van der Waals surface area (Å²) < 4.78 is 5.63. The van der Waals surface area contributed by atoms with Gasteiger partial charge in [0.2, 0.25) is 5.91 Å². The molecule has 2 atom stereocenters. The van der Waals surface area contributed by atoms with Crippen LogP contribution in [0.5, 0.6) is 0 Å². The van der Waals surface area contributed by atoms with Crippen LogP contribution in [0.2, 0.25) is 0 Å². The van der Waals surface area contributed by atoms with Crippen LogP contribution in [-0.4, -0.2) is 49.7 Å². The Labute approximate surface area is 104 Å². The summed E-state index contributed by atoms with van der Waals surface area (Å²) in [4.78, 5) is 14.1. The third-order valence-corrected chi connectivity index (χ3v) is 3.76. The summed E-state index contributed by atoms with van der Waals surface area (Å²) in [6, 6.07) is 0. The van der Waals surface area contributed by atoms with Crippen LogP contribution in [0.25, 0.3) is 0 Å². The van der Waals surface area contributed by atoms with Gasteiger partial charge in [-0.2, -0.15) is 0 Å². The van der Waals surface area contributed by atoms with Gasteiger partial charge in [-0.1, -0.05) is 0 Å². The minimum atomic E-state index is 0.263. The first-order chi connectivity index (χ1) is 8.29. The maximum absolute atomic E-state index is 12.1. The number of nitrogens with zero attached hydrogens (tertiary/aromatic N) is 1. The molecule has 1 N–H and O–H groups in total. The highest BCUT2D eigenvalue weighted by molar-refractivity contribution is 5.76. The molecule has 0 aromatic rings. The molecule has 2 heterocycles. The number of hydrogen-bond donors (Lipinski definition) is 1. The van der Waals surface area contributed by atoms with Gasteiger partial charge in [0.05, 0.1) is 6.10 Å². The minimum absolute atomic E-state index is 0.263. The van der Waals surface area contributed by atoms with Crippen molar-refractivity contribution >= 4 is 5.91 Å². The van der Waals surface area contributed by atoms with Crippen molar-refractivity contribution in [2.45, 2.75) is 38.7 Å². The van der Waals surface area contributed by atoms with Crippen LogP contribution in [0.4, 0.5) is 0 Å². The summed E-state index contributed by atoms with van der Waals surface area (Å²) in [5.41, 5.74) is 0. The Morgan fingerprint density at radius 2 is 2.35 bits per heavy atom. The van der Waals surface area contributed by atoms with E-state index in [-0.39, 0.29) is 6.10 Å². The highest BCUT2D eigenvalue weighted by Gasteiger charge is 2.26. The third kappa shape index (κ3) is 3.68. The number of carbonyl (C=O) groups excluding carboxylic acids is 1. The van der Waals surface area contributed by atoms with E-state index in [0.29, 0.717) is 18.2 Å². The minimum Gasteiger partial charge on any atom is -0.377 e. The quantitative estimate of drug-likeness (QED) is 0.797. The van der Waals surface area contributed by atoms with Gasteiger partial charge < -0.3 is 15.0 Å². The van der Waals surface area contributed by atoms with E-state index in [4.69, 9.17) is 4.74 Å². The van der Waals surface area contributed by atoms with Crippen LogP contribution in [0.1, 0.15) is 32.6 Å². The highest BCUT2D eigenvalue weighted by atomic mass is 16.5. The predicted octanol–water partition coefficient (Wildman–Crippen LogP) is 1.01. The predicted molar refractivity (Wildman–Crippen MR) is 66.8 cm³/mol. The first-order valence-electron chi connectivity index (χ1n) is 6.89. The molecule has 98 valence electrons. The van der Waals surface area contributed by atoms with E-state index in [2.05, 4.69) is 5.32 Å². The molecular formula is C13H24N2O2. The molecule has 2 aliphatic rings. The van der Waals surface area contributed by atoms with Gasteiger partial charge >= 0.3 is 0 Å². The van der Waals surface area contributed by atoms with Crippen molar-refractivity contribution in [2.24, 2.45) is 5.92 Å². The van der Waals surface area contributed by atoms with E-state index in [9.17, 15) is 4.79 Å². The number of nitrogens with one attached hydrogen (secondary N) is 1. The molecule has 4 nitrogen and oxygen atoms in total. The molecule has 2 fully saturated rings. The molecule has 0 aromatic heterocycles. The molecule has 0 radical (unpaired) electrons. The first-order valence-corrected chi connectivity index (χ1v) is 6.89. The molecule has 17 heavy (non-hydrogen) atoms.